The van der Waals surface area contributed by atoms with Crippen molar-refractivity contribution in [3.63, 3.8) is 0 Å². The van der Waals surface area contributed by atoms with Gasteiger partial charge < -0.3 is 10.2 Å². The molecule has 23 heavy (non-hydrogen) atoms. The third kappa shape index (κ3) is 14.3. The van der Waals surface area contributed by atoms with Gasteiger partial charge in [0.05, 0.1) is 18.8 Å². The van der Waals surface area contributed by atoms with Crippen molar-refractivity contribution in [1.82, 2.24) is 0 Å². The van der Waals surface area contributed by atoms with E-state index in [1.807, 2.05) is 6.08 Å². The monoisotopic (exact) mass is 325 g/mol. The minimum absolute atomic E-state index is 0.339. The molecule has 0 aromatic carbocycles. The summed E-state index contributed by atoms with van der Waals surface area (Å²) in [5, 5.41) is 22.0. The van der Waals surface area contributed by atoms with E-state index in [4.69, 9.17) is 10.6 Å². The number of azide groups is 1. The number of aliphatic hydroxyl groups excluding tert-OH is 2. The highest BCUT2D eigenvalue weighted by atomic mass is 16.3. The van der Waals surface area contributed by atoms with Crippen LogP contribution in [-0.4, -0.2) is 29.0 Å². The lowest BCUT2D eigenvalue weighted by Gasteiger charge is -2.11. The van der Waals surface area contributed by atoms with Crippen LogP contribution in [0.2, 0.25) is 0 Å². The molecular formula is C18H35N3O2. The number of aliphatic hydroxyl groups is 2. The van der Waals surface area contributed by atoms with Gasteiger partial charge in [-0.3, -0.25) is 0 Å². The summed E-state index contributed by atoms with van der Waals surface area (Å²) in [5.74, 6) is 0. The van der Waals surface area contributed by atoms with Gasteiger partial charge in [0.1, 0.15) is 0 Å². The van der Waals surface area contributed by atoms with Gasteiger partial charge in [-0.15, -0.1) is 0 Å². The van der Waals surface area contributed by atoms with Crippen LogP contribution in [0.4, 0.5) is 0 Å². The second-order valence-corrected chi connectivity index (χ2v) is 6.20. The highest BCUT2D eigenvalue weighted by Gasteiger charge is 2.12. The topological polar surface area (TPSA) is 89.2 Å². The van der Waals surface area contributed by atoms with E-state index in [2.05, 4.69) is 16.9 Å². The van der Waals surface area contributed by atoms with Gasteiger partial charge in [0.25, 0.3) is 0 Å². The van der Waals surface area contributed by atoms with Crippen LogP contribution in [0.25, 0.3) is 10.4 Å². The second kappa shape index (κ2) is 17.3. The fourth-order valence-electron chi connectivity index (χ4n) is 2.57. The quantitative estimate of drug-likeness (QED) is 0.133. The molecule has 0 saturated carbocycles. The fourth-order valence-corrected chi connectivity index (χ4v) is 2.57. The molecule has 0 spiro atoms. The number of hydrogen-bond acceptors (Lipinski definition) is 3. The van der Waals surface area contributed by atoms with Crippen LogP contribution < -0.4 is 0 Å². The van der Waals surface area contributed by atoms with Crippen molar-refractivity contribution < 1.29 is 10.2 Å². The van der Waals surface area contributed by atoms with Gasteiger partial charge in [0.2, 0.25) is 0 Å². The van der Waals surface area contributed by atoms with Gasteiger partial charge in [-0.2, -0.15) is 0 Å². The molecule has 2 unspecified atom stereocenters. The lowest BCUT2D eigenvalue weighted by Crippen LogP contribution is -2.25. The molecule has 5 nitrogen and oxygen atoms in total. The molecule has 2 N–H and O–H groups in total. The molecule has 0 aliphatic carbocycles. The summed E-state index contributed by atoms with van der Waals surface area (Å²) in [5.41, 5.74) is 8.31. The van der Waals surface area contributed by atoms with Crippen LogP contribution in [0, 0.1) is 0 Å². The van der Waals surface area contributed by atoms with Crippen molar-refractivity contribution in [3.05, 3.63) is 22.6 Å². The highest BCUT2D eigenvalue weighted by Crippen LogP contribution is 2.12. The van der Waals surface area contributed by atoms with Crippen LogP contribution in [0.15, 0.2) is 17.3 Å². The number of hydrogen-bond donors (Lipinski definition) is 2. The Morgan fingerprint density at radius 3 is 1.96 bits per heavy atom. The van der Waals surface area contributed by atoms with Crippen molar-refractivity contribution in [1.29, 1.82) is 0 Å². The molecule has 0 rings (SSSR count). The lowest BCUT2D eigenvalue weighted by atomic mass is 10.0. The maximum atomic E-state index is 9.71. The zero-order valence-corrected chi connectivity index (χ0v) is 14.7. The van der Waals surface area contributed by atoms with Crippen LogP contribution in [0.3, 0.4) is 0 Å². The molecule has 0 amide bonds. The molecule has 0 aromatic heterocycles. The van der Waals surface area contributed by atoms with E-state index in [0.29, 0.717) is 0 Å². The predicted molar refractivity (Wildman–Crippen MR) is 96.2 cm³/mol. The fraction of sp³-hybridized carbons (Fsp3) is 0.889. The van der Waals surface area contributed by atoms with E-state index in [1.54, 1.807) is 6.08 Å². The van der Waals surface area contributed by atoms with E-state index in [0.717, 1.165) is 12.8 Å². The molecular weight excluding hydrogens is 290 g/mol. The summed E-state index contributed by atoms with van der Waals surface area (Å²) in [6.07, 6.45) is 18.1. The van der Waals surface area contributed by atoms with Crippen LogP contribution in [0.1, 0.15) is 84.0 Å². The smallest absolute Gasteiger partial charge is 0.0900 e. The average molecular weight is 325 g/mol. The second-order valence-electron chi connectivity index (χ2n) is 6.20. The van der Waals surface area contributed by atoms with Crippen LogP contribution >= 0.6 is 0 Å². The molecule has 0 aliphatic rings. The summed E-state index contributed by atoms with van der Waals surface area (Å²) in [7, 11) is 0. The summed E-state index contributed by atoms with van der Waals surface area (Å²) in [6, 6.07) is -0.784. The Kier molecular flexibility index (Phi) is 16.5. The summed E-state index contributed by atoms with van der Waals surface area (Å²) in [6.45, 7) is 1.91. The zero-order valence-electron chi connectivity index (χ0n) is 14.7. The standard InChI is InChI=1S/C18H35N3O2/c1-2-3-4-5-6-7-8-9-10-11-12-13-14-15-18(23)17(16-22)20-21-19/h14-15,17-18,22-23H,2-13,16H2,1H3/b15-14+. The third-order valence-electron chi connectivity index (χ3n) is 4.09. The Labute approximate surface area is 141 Å². The zero-order chi connectivity index (χ0) is 17.2. The molecule has 0 fully saturated rings. The van der Waals surface area contributed by atoms with Crippen molar-refractivity contribution in [3.8, 4) is 0 Å². The molecule has 0 saturated heterocycles. The Morgan fingerprint density at radius 2 is 1.48 bits per heavy atom. The summed E-state index contributed by atoms with van der Waals surface area (Å²) >= 11 is 0. The van der Waals surface area contributed by atoms with E-state index in [-0.39, 0.29) is 6.61 Å². The summed E-state index contributed by atoms with van der Waals surface area (Å²) < 4.78 is 0. The molecule has 0 aromatic rings. The van der Waals surface area contributed by atoms with Gasteiger partial charge in [-0.1, -0.05) is 88.4 Å². The lowest BCUT2D eigenvalue weighted by molar-refractivity contribution is 0.144. The van der Waals surface area contributed by atoms with Gasteiger partial charge in [-0.05, 0) is 18.4 Å². The van der Waals surface area contributed by atoms with Crippen molar-refractivity contribution in [2.45, 2.75) is 96.1 Å². The van der Waals surface area contributed by atoms with Gasteiger partial charge in [-0.25, -0.2) is 0 Å². The minimum Gasteiger partial charge on any atom is -0.396 e. The average Bonchev–Trinajstić information content (AvgIpc) is 2.56. The first-order chi connectivity index (χ1) is 11.3. The van der Waals surface area contributed by atoms with Crippen LogP contribution in [0.5, 0.6) is 0 Å². The van der Waals surface area contributed by atoms with E-state index < -0.39 is 12.1 Å². The predicted octanol–water partition coefficient (Wildman–Crippen LogP) is 5.28. The molecule has 5 heteroatoms. The first-order valence-corrected chi connectivity index (χ1v) is 9.26. The first-order valence-electron chi connectivity index (χ1n) is 9.26. The molecule has 0 radical (unpaired) electrons. The molecule has 0 aliphatic heterocycles. The van der Waals surface area contributed by atoms with Crippen molar-refractivity contribution in [2.24, 2.45) is 5.11 Å². The summed E-state index contributed by atoms with van der Waals surface area (Å²) in [4.78, 5) is 2.61. The Balaban J connectivity index is 3.41. The Bertz CT molecular complexity index is 328. The highest BCUT2D eigenvalue weighted by molar-refractivity contribution is 4.95. The van der Waals surface area contributed by atoms with E-state index >= 15 is 0 Å². The van der Waals surface area contributed by atoms with Crippen molar-refractivity contribution >= 4 is 0 Å². The number of unbranched alkanes of at least 4 members (excludes halogenated alkanes) is 11. The Morgan fingerprint density at radius 1 is 0.957 bits per heavy atom. The largest absolute Gasteiger partial charge is 0.396 e. The SMILES string of the molecule is CCCCCCCCCCCCC/C=C/C(O)C(CO)N=[N+]=[N-]. The molecule has 134 valence electrons. The number of allylic oxidation sites excluding steroid dienone is 1. The maximum Gasteiger partial charge on any atom is 0.0900 e. The maximum absolute atomic E-state index is 9.71. The molecule has 0 bridgehead atoms. The first kappa shape index (κ1) is 22.0. The minimum atomic E-state index is -0.899. The molecule has 2 atom stereocenters. The number of rotatable bonds is 16. The normalized spacial score (nSPS) is 13.9. The van der Waals surface area contributed by atoms with E-state index in [9.17, 15) is 5.11 Å². The van der Waals surface area contributed by atoms with E-state index in [1.165, 1.54) is 64.2 Å². The Hall–Kier alpha value is -1.03. The van der Waals surface area contributed by atoms with Crippen molar-refractivity contribution in [2.75, 3.05) is 6.61 Å². The van der Waals surface area contributed by atoms with Gasteiger partial charge in [0, 0.05) is 4.91 Å². The third-order valence-corrected chi connectivity index (χ3v) is 4.09. The molecule has 0 heterocycles. The van der Waals surface area contributed by atoms with Crippen LogP contribution in [-0.2, 0) is 0 Å². The van der Waals surface area contributed by atoms with Gasteiger partial charge >= 0.3 is 0 Å². The number of nitrogens with zero attached hydrogens (tertiary/aromatic N) is 3. The van der Waals surface area contributed by atoms with Gasteiger partial charge in [0.15, 0.2) is 0 Å².